The minimum Gasteiger partial charge on any atom is -0.337 e. The third-order valence-corrected chi connectivity index (χ3v) is 5.11. The van der Waals surface area contributed by atoms with E-state index in [2.05, 4.69) is 20.4 Å². The van der Waals surface area contributed by atoms with E-state index in [1.807, 2.05) is 50.2 Å². The first-order chi connectivity index (χ1) is 14.5. The molecule has 0 aliphatic rings. The molecule has 0 aliphatic carbocycles. The SMILES string of the molecule is Cc1ccc(C)c(-c2noc(NC(=O)Cc3ccccc3Cl)c2-c2ccncn2)c1. The van der Waals surface area contributed by atoms with Gasteiger partial charge in [0.2, 0.25) is 11.8 Å². The molecule has 0 saturated heterocycles. The summed E-state index contributed by atoms with van der Waals surface area (Å²) in [6.07, 6.45) is 3.20. The maximum absolute atomic E-state index is 12.7. The Balaban J connectivity index is 1.74. The van der Waals surface area contributed by atoms with Crippen LogP contribution in [0, 0.1) is 13.8 Å². The Kier molecular flexibility index (Phi) is 5.59. The van der Waals surface area contributed by atoms with Gasteiger partial charge in [-0.05, 0) is 43.2 Å². The summed E-state index contributed by atoms with van der Waals surface area (Å²) in [5.41, 5.74) is 5.61. The lowest BCUT2D eigenvalue weighted by molar-refractivity contribution is -0.115. The van der Waals surface area contributed by atoms with Gasteiger partial charge < -0.3 is 4.52 Å². The van der Waals surface area contributed by atoms with Gasteiger partial charge in [0, 0.05) is 16.8 Å². The molecule has 7 heteroatoms. The normalized spacial score (nSPS) is 10.8. The van der Waals surface area contributed by atoms with Crippen molar-refractivity contribution in [3.8, 4) is 22.5 Å². The minimum atomic E-state index is -0.262. The molecule has 30 heavy (non-hydrogen) atoms. The molecule has 0 radical (unpaired) electrons. The summed E-state index contributed by atoms with van der Waals surface area (Å²) in [7, 11) is 0. The topological polar surface area (TPSA) is 80.9 Å². The molecule has 2 heterocycles. The second-order valence-electron chi connectivity index (χ2n) is 6.96. The van der Waals surface area contributed by atoms with Crippen molar-refractivity contribution in [2.24, 2.45) is 0 Å². The molecule has 0 fully saturated rings. The summed E-state index contributed by atoms with van der Waals surface area (Å²) in [6, 6.07) is 15.1. The highest BCUT2D eigenvalue weighted by atomic mass is 35.5. The van der Waals surface area contributed by atoms with Crippen LogP contribution in [0.3, 0.4) is 0 Å². The number of nitrogens with one attached hydrogen (secondary N) is 1. The maximum Gasteiger partial charge on any atom is 0.241 e. The highest BCUT2D eigenvalue weighted by molar-refractivity contribution is 6.31. The van der Waals surface area contributed by atoms with Crippen molar-refractivity contribution in [2.45, 2.75) is 20.3 Å². The first-order valence-electron chi connectivity index (χ1n) is 9.40. The van der Waals surface area contributed by atoms with Gasteiger partial charge in [-0.25, -0.2) is 9.97 Å². The van der Waals surface area contributed by atoms with Crippen molar-refractivity contribution >= 4 is 23.4 Å². The Morgan fingerprint density at radius 3 is 2.73 bits per heavy atom. The van der Waals surface area contributed by atoms with E-state index in [0.717, 1.165) is 22.3 Å². The van der Waals surface area contributed by atoms with Crippen LogP contribution in [-0.4, -0.2) is 21.0 Å². The van der Waals surface area contributed by atoms with Gasteiger partial charge in [0.05, 0.1) is 17.7 Å². The number of carbonyl (C=O) groups is 1. The van der Waals surface area contributed by atoms with E-state index in [9.17, 15) is 4.79 Å². The second kappa shape index (κ2) is 8.47. The predicted molar refractivity (Wildman–Crippen MR) is 116 cm³/mol. The Labute approximate surface area is 178 Å². The molecule has 0 atom stereocenters. The molecule has 2 aromatic carbocycles. The van der Waals surface area contributed by atoms with E-state index in [0.29, 0.717) is 22.0 Å². The second-order valence-corrected chi connectivity index (χ2v) is 7.37. The van der Waals surface area contributed by atoms with Crippen LogP contribution in [0.5, 0.6) is 0 Å². The lowest BCUT2D eigenvalue weighted by Gasteiger charge is -2.08. The number of anilines is 1. The molecular formula is C23H19ClN4O2. The molecular weight excluding hydrogens is 400 g/mol. The van der Waals surface area contributed by atoms with Crippen LogP contribution in [0.25, 0.3) is 22.5 Å². The average Bonchev–Trinajstić information content (AvgIpc) is 3.15. The number of aromatic nitrogens is 3. The summed E-state index contributed by atoms with van der Waals surface area (Å²) in [5.74, 6) is -0.0243. The van der Waals surface area contributed by atoms with Crippen LogP contribution in [-0.2, 0) is 11.2 Å². The first kappa shape index (κ1) is 19.8. The van der Waals surface area contributed by atoms with E-state index < -0.39 is 0 Å². The van der Waals surface area contributed by atoms with Gasteiger partial charge in [0.15, 0.2) is 0 Å². The standard InChI is InChI=1S/C23H19ClN4O2/c1-14-7-8-15(2)17(11-14)22-21(19-9-10-25-13-26-19)23(30-28-22)27-20(29)12-16-5-3-4-6-18(16)24/h3-11,13H,12H2,1-2H3,(H,27,29). The van der Waals surface area contributed by atoms with Gasteiger partial charge in [-0.3, -0.25) is 10.1 Å². The van der Waals surface area contributed by atoms with Crippen molar-refractivity contribution in [1.82, 2.24) is 15.1 Å². The van der Waals surface area contributed by atoms with Crippen molar-refractivity contribution in [2.75, 3.05) is 5.32 Å². The van der Waals surface area contributed by atoms with E-state index >= 15 is 0 Å². The van der Waals surface area contributed by atoms with Crippen molar-refractivity contribution in [3.63, 3.8) is 0 Å². The van der Waals surface area contributed by atoms with Crippen LogP contribution in [0.15, 0.2) is 65.6 Å². The lowest BCUT2D eigenvalue weighted by Crippen LogP contribution is -2.14. The Hall–Kier alpha value is -3.51. The minimum absolute atomic E-state index is 0.113. The summed E-state index contributed by atoms with van der Waals surface area (Å²) in [4.78, 5) is 21.0. The van der Waals surface area contributed by atoms with Crippen molar-refractivity contribution in [3.05, 3.63) is 82.8 Å². The van der Waals surface area contributed by atoms with Crippen LogP contribution >= 0.6 is 11.6 Å². The van der Waals surface area contributed by atoms with E-state index in [1.54, 1.807) is 18.3 Å². The molecule has 0 unspecified atom stereocenters. The number of rotatable bonds is 5. The average molecular weight is 419 g/mol. The molecule has 0 saturated carbocycles. The molecule has 0 bridgehead atoms. The summed E-state index contributed by atoms with van der Waals surface area (Å²) < 4.78 is 5.56. The van der Waals surface area contributed by atoms with Crippen molar-refractivity contribution in [1.29, 1.82) is 0 Å². The summed E-state index contributed by atoms with van der Waals surface area (Å²) in [5, 5.41) is 7.63. The number of hydrogen-bond donors (Lipinski definition) is 1. The number of nitrogens with zero attached hydrogens (tertiary/aromatic N) is 3. The molecule has 2 aromatic heterocycles. The molecule has 6 nitrogen and oxygen atoms in total. The van der Waals surface area contributed by atoms with Crippen LogP contribution in [0.1, 0.15) is 16.7 Å². The third kappa shape index (κ3) is 4.09. The molecule has 1 N–H and O–H groups in total. The fraction of sp³-hybridized carbons (Fsp3) is 0.130. The maximum atomic E-state index is 12.7. The van der Waals surface area contributed by atoms with Gasteiger partial charge in [-0.2, -0.15) is 0 Å². The molecule has 0 aliphatic heterocycles. The van der Waals surface area contributed by atoms with Gasteiger partial charge in [0.25, 0.3) is 0 Å². The number of aryl methyl sites for hydroxylation is 2. The fourth-order valence-electron chi connectivity index (χ4n) is 3.21. The first-order valence-corrected chi connectivity index (χ1v) is 9.77. The highest BCUT2D eigenvalue weighted by Gasteiger charge is 2.23. The van der Waals surface area contributed by atoms with Crippen LogP contribution < -0.4 is 5.32 Å². The van der Waals surface area contributed by atoms with Crippen LogP contribution in [0.2, 0.25) is 5.02 Å². The van der Waals surface area contributed by atoms with E-state index in [1.165, 1.54) is 6.33 Å². The van der Waals surface area contributed by atoms with E-state index in [-0.39, 0.29) is 18.2 Å². The molecule has 150 valence electrons. The smallest absolute Gasteiger partial charge is 0.241 e. The summed E-state index contributed by atoms with van der Waals surface area (Å²) in [6.45, 7) is 4.02. The summed E-state index contributed by atoms with van der Waals surface area (Å²) >= 11 is 6.18. The number of amides is 1. The number of halogens is 1. The molecule has 1 amide bonds. The largest absolute Gasteiger partial charge is 0.337 e. The van der Waals surface area contributed by atoms with Gasteiger partial charge >= 0.3 is 0 Å². The quantitative estimate of drug-likeness (QED) is 0.478. The number of carbonyl (C=O) groups excluding carboxylic acids is 1. The Morgan fingerprint density at radius 1 is 1.13 bits per heavy atom. The lowest BCUT2D eigenvalue weighted by atomic mass is 9.98. The highest BCUT2D eigenvalue weighted by Crippen LogP contribution is 2.38. The zero-order valence-electron chi connectivity index (χ0n) is 16.5. The van der Waals surface area contributed by atoms with Gasteiger partial charge in [-0.15, -0.1) is 0 Å². The van der Waals surface area contributed by atoms with Crippen molar-refractivity contribution < 1.29 is 9.32 Å². The number of hydrogen-bond acceptors (Lipinski definition) is 5. The van der Waals surface area contributed by atoms with Crippen LogP contribution in [0.4, 0.5) is 5.88 Å². The Morgan fingerprint density at radius 2 is 1.97 bits per heavy atom. The molecule has 0 spiro atoms. The number of benzene rings is 2. The zero-order chi connectivity index (χ0) is 21.1. The fourth-order valence-corrected chi connectivity index (χ4v) is 3.41. The van der Waals surface area contributed by atoms with Gasteiger partial charge in [-0.1, -0.05) is 52.7 Å². The predicted octanol–water partition coefficient (Wildman–Crippen LogP) is 5.25. The van der Waals surface area contributed by atoms with Gasteiger partial charge in [0.1, 0.15) is 12.0 Å². The third-order valence-electron chi connectivity index (χ3n) is 4.74. The van der Waals surface area contributed by atoms with E-state index in [4.69, 9.17) is 16.1 Å². The Bertz CT molecular complexity index is 1210. The molecule has 4 rings (SSSR count). The zero-order valence-corrected chi connectivity index (χ0v) is 17.3. The monoisotopic (exact) mass is 418 g/mol. The molecule has 4 aromatic rings.